The summed E-state index contributed by atoms with van der Waals surface area (Å²) in [4.78, 5) is 6.83. The molecule has 2 atom stereocenters. The maximum atomic E-state index is 13.1. The van der Waals surface area contributed by atoms with Gasteiger partial charge in [-0.25, -0.2) is 8.42 Å². The van der Waals surface area contributed by atoms with Crippen LogP contribution in [0.4, 0.5) is 0 Å². The average molecular weight is 345 g/mol. The standard InChI is InChI=1S/C18H23N3O2S/c1-14-11-20-10-4-8-17(20)12-21(14)24(22,23)13-16-6-2-5-15-7-3-9-19-18(15)16/h2-3,5-7,9,14,17H,4,8,10-13H2,1H3/t14-,17-/m0/s1. The highest BCUT2D eigenvalue weighted by atomic mass is 32.2. The number of pyridine rings is 1. The predicted octanol–water partition coefficient (Wildman–Crippen LogP) is 2.23. The molecule has 0 N–H and O–H groups in total. The van der Waals surface area contributed by atoms with Crippen LogP contribution in [0.2, 0.25) is 0 Å². The van der Waals surface area contributed by atoms with Gasteiger partial charge in [-0.05, 0) is 37.9 Å². The Morgan fingerprint density at radius 1 is 1.21 bits per heavy atom. The van der Waals surface area contributed by atoms with Crippen LogP contribution in [0.3, 0.4) is 0 Å². The van der Waals surface area contributed by atoms with Crippen LogP contribution in [0.1, 0.15) is 25.3 Å². The van der Waals surface area contributed by atoms with Crippen LogP contribution < -0.4 is 0 Å². The summed E-state index contributed by atoms with van der Waals surface area (Å²) in [5.74, 6) is 0.0262. The Balaban J connectivity index is 1.63. The molecule has 0 spiro atoms. The number of benzene rings is 1. The zero-order valence-corrected chi connectivity index (χ0v) is 14.7. The molecular weight excluding hydrogens is 322 g/mol. The van der Waals surface area contributed by atoms with Crippen molar-refractivity contribution in [1.29, 1.82) is 0 Å². The van der Waals surface area contributed by atoms with Gasteiger partial charge in [0.1, 0.15) is 0 Å². The summed E-state index contributed by atoms with van der Waals surface area (Å²) in [6, 6.07) is 10.0. The van der Waals surface area contributed by atoms with Gasteiger partial charge in [-0.3, -0.25) is 9.88 Å². The molecule has 5 nitrogen and oxygen atoms in total. The number of hydrogen-bond donors (Lipinski definition) is 0. The second kappa shape index (κ2) is 6.10. The quantitative estimate of drug-likeness (QED) is 0.856. The number of sulfonamides is 1. The number of fused-ring (bicyclic) bond motifs is 2. The van der Waals surface area contributed by atoms with E-state index in [2.05, 4.69) is 9.88 Å². The van der Waals surface area contributed by atoms with Crippen LogP contribution in [0.25, 0.3) is 10.9 Å². The summed E-state index contributed by atoms with van der Waals surface area (Å²) in [7, 11) is -3.35. The minimum Gasteiger partial charge on any atom is -0.297 e. The van der Waals surface area contributed by atoms with Crippen molar-refractivity contribution in [3.63, 3.8) is 0 Å². The van der Waals surface area contributed by atoms with E-state index in [1.807, 2.05) is 37.3 Å². The van der Waals surface area contributed by atoms with Crippen molar-refractivity contribution in [2.75, 3.05) is 19.6 Å². The van der Waals surface area contributed by atoms with E-state index in [-0.39, 0.29) is 11.8 Å². The van der Waals surface area contributed by atoms with Gasteiger partial charge >= 0.3 is 0 Å². The molecular formula is C18H23N3O2S. The molecule has 3 heterocycles. The van der Waals surface area contributed by atoms with E-state index >= 15 is 0 Å². The molecule has 6 heteroatoms. The molecule has 1 aromatic heterocycles. The monoisotopic (exact) mass is 345 g/mol. The van der Waals surface area contributed by atoms with Crippen LogP contribution in [-0.2, 0) is 15.8 Å². The van der Waals surface area contributed by atoms with Crippen molar-refractivity contribution in [2.24, 2.45) is 0 Å². The molecule has 0 amide bonds. The van der Waals surface area contributed by atoms with E-state index in [1.54, 1.807) is 10.5 Å². The van der Waals surface area contributed by atoms with E-state index < -0.39 is 10.0 Å². The lowest BCUT2D eigenvalue weighted by molar-refractivity contribution is 0.117. The first kappa shape index (κ1) is 16.0. The summed E-state index contributed by atoms with van der Waals surface area (Å²) in [5.41, 5.74) is 1.57. The van der Waals surface area contributed by atoms with E-state index in [9.17, 15) is 8.42 Å². The third kappa shape index (κ3) is 2.83. The van der Waals surface area contributed by atoms with Crippen molar-refractivity contribution in [1.82, 2.24) is 14.2 Å². The number of nitrogens with zero attached hydrogens (tertiary/aromatic N) is 3. The maximum absolute atomic E-state index is 13.1. The van der Waals surface area contributed by atoms with Crippen molar-refractivity contribution >= 4 is 20.9 Å². The molecule has 1 aromatic carbocycles. The van der Waals surface area contributed by atoms with Crippen LogP contribution >= 0.6 is 0 Å². The van der Waals surface area contributed by atoms with Crippen LogP contribution in [0, 0.1) is 0 Å². The lowest BCUT2D eigenvalue weighted by Crippen LogP contribution is -2.56. The molecule has 2 aromatic rings. The number of para-hydroxylation sites is 1. The van der Waals surface area contributed by atoms with Crippen LogP contribution in [0.15, 0.2) is 36.5 Å². The summed E-state index contributed by atoms with van der Waals surface area (Å²) in [6.07, 6.45) is 4.01. The number of rotatable bonds is 3. The second-order valence-electron chi connectivity index (χ2n) is 6.96. The molecule has 128 valence electrons. The van der Waals surface area contributed by atoms with Gasteiger partial charge in [0.25, 0.3) is 0 Å². The Bertz CT molecular complexity index is 847. The molecule has 2 saturated heterocycles. The Labute approximate surface area is 143 Å². The highest BCUT2D eigenvalue weighted by molar-refractivity contribution is 7.88. The topological polar surface area (TPSA) is 53.5 Å². The molecule has 0 unspecified atom stereocenters. The van der Waals surface area contributed by atoms with Crippen LogP contribution in [0.5, 0.6) is 0 Å². The van der Waals surface area contributed by atoms with Gasteiger partial charge in [0, 0.05) is 36.8 Å². The highest BCUT2D eigenvalue weighted by Gasteiger charge is 2.39. The Morgan fingerprint density at radius 2 is 2.04 bits per heavy atom. The summed E-state index contributed by atoms with van der Waals surface area (Å²) >= 11 is 0. The summed E-state index contributed by atoms with van der Waals surface area (Å²) in [6.45, 7) is 4.60. The molecule has 0 aliphatic carbocycles. The molecule has 24 heavy (non-hydrogen) atoms. The number of piperazine rings is 1. The zero-order chi connectivity index (χ0) is 16.7. The second-order valence-corrected chi connectivity index (χ2v) is 8.88. The van der Waals surface area contributed by atoms with Crippen molar-refractivity contribution in [2.45, 2.75) is 37.6 Å². The highest BCUT2D eigenvalue weighted by Crippen LogP contribution is 2.28. The van der Waals surface area contributed by atoms with Crippen LogP contribution in [-0.4, -0.2) is 54.3 Å². The lowest BCUT2D eigenvalue weighted by Gasteiger charge is -2.41. The van der Waals surface area contributed by atoms with Gasteiger partial charge in [-0.2, -0.15) is 4.31 Å². The Kier molecular flexibility index (Phi) is 4.06. The van der Waals surface area contributed by atoms with E-state index in [0.717, 1.165) is 36.0 Å². The minimum absolute atomic E-state index is 0.0262. The van der Waals surface area contributed by atoms with E-state index in [0.29, 0.717) is 12.6 Å². The van der Waals surface area contributed by atoms with E-state index in [4.69, 9.17) is 0 Å². The number of hydrogen-bond acceptors (Lipinski definition) is 4. The fraction of sp³-hybridized carbons (Fsp3) is 0.500. The first-order valence-corrected chi connectivity index (χ1v) is 10.2. The van der Waals surface area contributed by atoms with Crippen molar-refractivity contribution in [3.05, 3.63) is 42.1 Å². The Morgan fingerprint density at radius 3 is 2.92 bits per heavy atom. The van der Waals surface area contributed by atoms with E-state index in [1.165, 1.54) is 6.42 Å². The fourth-order valence-electron chi connectivity index (χ4n) is 4.11. The van der Waals surface area contributed by atoms with Gasteiger partial charge in [-0.15, -0.1) is 0 Å². The maximum Gasteiger partial charge on any atom is 0.218 e. The van der Waals surface area contributed by atoms with Gasteiger partial charge in [0.15, 0.2) is 0 Å². The molecule has 4 rings (SSSR count). The lowest BCUT2D eigenvalue weighted by atomic mass is 10.1. The van der Waals surface area contributed by atoms with Gasteiger partial charge in [0.05, 0.1) is 11.3 Å². The zero-order valence-electron chi connectivity index (χ0n) is 13.9. The normalized spacial score (nSPS) is 25.9. The van der Waals surface area contributed by atoms with Gasteiger partial charge in [-0.1, -0.05) is 24.3 Å². The Hall–Kier alpha value is -1.50. The van der Waals surface area contributed by atoms with Crippen molar-refractivity contribution < 1.29 is 8.42 Å². The third-order valence-electron chi connectivity index (χ3n) is 5.29. The summed E-state index contributed by atoms with van der Waals surface area (Å²) in [5, 5.41) is 0.985. The first-order chi connectivity index (χ1) is 11.5. The minimum atomic E-state index is -3.35. The molecule has 0 saturated carbocycles. The average Bonchev–Trinajstić information content (AvgIpc) is 3.01. The first-order valence-electron chi connectivity index (χ1n) is 8.61. The van der Waals surface area contributed by atoms with Crippen molar-refractivity contribution in [3.8, 4) is 0 Å². The SMILES string of the molecule is C[C@H]1CN2CCC[C@H]2CN1S(=O)(=O)Cc1cccc2cccnc12. The molecule has 2 aliphatic heterocycles. The molecule has 2 fully saturated rings. The molecule has 0 radical (unpaired) electrons. The molecule has 2 aliphatic rings. The summed E-state index contributed by atoms with van der Waals surface area (Å²) < 4.78 is 27.9. The van der Waals surface area contributed by atoms with Gasteiger partial charge < -0.3 is 0 Å². The molecule has 0 bridgehead atoms. The number of aromatic nitrogens is 1. The third-order valence-corrected chi connectivity index (χ3v) is 7.19. The fourth-order valence-corrected chi connectivity index (χ4v) is 5.92. The smallest absolute Gasteiger partial charge is 0.218 e. The van der Waals surface area contributed by atoms with Gasteiger partial charge in [0.2, 0.25) is 10.0 Å². The largest absolute Gasteiger partial charge is 0.297 e. The predicted molar refractivity (Wildman–Crippen MR) is 95.1 cm³/mol.